The number of carbonyl (C=O) groups excluding carboxylic acids is 2. The number of fused-ring (bicyclic) bond motifs is 10. The number of nitrogens with zero attached hydrogens (tertiary/aromatic N) is 2. The molecule has 0 radical (unpaired) electrons. The first-order chi connectivity index (χ1) is 22.3. The van der Waals surface area contributed by atoms with Crippen LogP contribution in [0, 0.1) is 12.7 Å². The van der Waals surface area contributed by atoms with Crippen molar-refractivity contribution in [2.45, 2.75) is 49.4 Å². The lowest BCUT2D eigenvalue weighted by Gasteiger charge is -2.28. The largest absolute Gasteiger partial charge is 0.449 e. The maximum absolute atomic E-state index is 14.8. The van der Waals surface area contributed by atoms with Gasteiger partial charge in [-0.1, -0.05) is 25.1 Å². The summed E-state index contributed by atoms with van der Waals surface area (Å²) in [5, 5.41) is 5.77. The third-order valence-corrected chi connectivity index (χ3v) is 10.6. The normalized spacial score (nSPS) is 18.1. The number of pyridine rings is 1. The highest BCUT2D eigenvalue weighted by Crippen LogP contribution is 2.32. The number of rotatable bonds is 6. The number of sulfone groups is 1. The fourth-order valence-corrected chi connectivity index (χ4v) is 7.30. The number of anilines is 3. The van der Waals surface area contributed by atoms with Crippen LogP contribution in [0.5, 0.6) is 0 Å². The van der Waals surface area contributed by atoms with E-state index in [1.165, 1.54) is 30.2 Å². The third kappa shape index (κ3) is 7.00. The van der Waals surface area contributed by atoms with Crippen molar-refractivity contribution >= 4 is 49.8 Å². The van der Waals surface area contributed by atoms with E-state index >= 15 is 0 Å². The first kappa shape index (κ1) is 33.6. The van der Waals surface area contributed by atoms with E-state index in [1.807, 2.05) is 32.0 Å². The van der Waals surface area contributed by atoms with Crippen LogP contribution in [0.2, 0.25) is 0 Å². The van der Waals surface area contributed by atoms with Gasteiger partial charge < -0.3 is 25.4 Å². The number of aryl methyl sites for hydroxylation is 1. The fourth-order valence-electron chi connectivity index (χ4n) is 5.80. The Hall–Kier alpha value is -4.75. The Balaban J connectivity index is 1.61. The number of hydrogen-bond donors (Lipinski definition) is 3. The van der Waals surface area contributed by atoms with Gasteiger partial charge in [-0.15, -0.1) is 0 Å². The lowest BCUT2D eigenvalue weighted by Crippen LogP contribution is -2.35. The van der Waals surface area contributed by atoms with Crippen molar-refractivity contribution in [1.82, 2.24) is 9.88 Å². The second-order valence-corrected chi connectivity index (χ2v) is 14.2. The number of hydrogen-bond acceptors (Lipinski definition) is 9. The Kier molecular flexibility index (Phi) is 9.68. The highest BCUT2D eigenvalue weighted by atomic mass is 32.2. The van der Waals surface area contributed by atoms with Crippen LogP contribution < -0.4 is 16.4 Å². The first-order valence-electron chi connectivity index (χ1n) is 15.0. The van der Waals surface area contributed by atoms with Crippen LogP contribution in [0.25, 0.3) is 10.8 Å². The van der Waals surface area contributed by atoms with Crippen molar-refractivity contribution in [1.29, 1.82) is 0 Å². The highest BCUT2D eigenvalue weighted by molar-refractivity contribution is 7.92. The summed E-state index contributed by atoms with van der Waals surface area (Å²) in [6, 6.07) is 14.0. The minimum atomic E-state index is -3.89. The van der Waals surface area contributed by atoms with Crippen molar-refractivity contribution in [2.75, 3.05) is 43.7 Å². The molecule has 3 heterocycles. The van der Waals surface area contributed by atoms with Gasteiger partial charge in [-0.2, -0.15) is 0 Å². The molecule has 3 aromatic carbocycles. The summed E-state index contributed by atoms with van der Waals surface area (Å²) in [5.74, 6) is -0.917. The van der Waals surface area contributed by atoms with Crippen LogP contribution in [0.4, 0.5) is 26.4 Å². The van der Waals surface area contributed by atoms with Crippen LogP contribution in [-0.4, -0.2) is 62.9 Å². The van der Waals surface area contributed by atoms with Crippen molar-refractivity contribution < 1.29 is 31.9 Å². The number of nitrogen functional groups attached to an aromatic ring is 1. The standard InChI is InChI=1S/C34H38FN5O6S/c1-19-12-22-6-9-26(19)20(2)17-46-34(42)39-24-8-11-30(47(43,44)21(3)18-45-5)23(13-24)16-40(4)33(41)31(22)38-25-7-10-27-28(14-25)29(35)15-37-32(27)36/h6-15,20-21,31,38H,16-18H2,1-5H3,(H2,36,37)(H,39,42)/t20-,21+,31+/m0/s1. The monoisotopic (exact) mass is 663 g/mol. The predicted molar refractivity (Wildman–Crippen MR) is 178 cm³/mol. The topological polar surface area (TPSA) is 153 Å². The molecule has 13 heteroatoms. The molecule has 2 aliphatic heterocycles. The van der Waals surface area contributed by atoms with E-state index in [0.717, 1.165) is 17.3 Å². The molecule has 0 saturated heterocycles. The lowest BCUT2D eigenvalue weighted by atomic mass is 9.93. The molecule has 6 rings (SSSR count). The molecule has 1 aromatic heterocycles. The van der Waals surface area contributed by atoms with E-state index in [0.29, 0.717) is 27.9 Å². The molecule has 0 aliphatic carbocycles. The zero-order chi connectivity index (χ0) is 34.0. The van der Waals surface area contributed by atoms with E-state index in [9.17, 15) is 22.4 Å². The summed E-state index contributed by atoms with van der Waals surface area (Å²) in [7, 11) is -0.896. The van der Waals surface area contributed by atoms with Gasteiger partial charge in [0.1, 0.15) is 17.7 Å². The Labute approximate surface area is 273 Å². The molecule has 4 aromatic rings. The maximum Gasteiger partial charge on any atom is 0.411 e. The van der Waals surface area contributed by atoms with Gasteiger partial charge in [0.2, 0.25) is 5.91 Å². The molecule has 11 nitrogen and oxygen atoms in total. The number of nitrogens with two attached hydrogens (primary N) is 1. The Morgan fingerprint density at radius 3 is 2.64 bits per heavy atom. The van der Waals surface area contributed by atoms with Crippen LogP contribution in [0.3, 0.4) is 0 Å². The zero-order valence-electron chi connectivity index (χ0n) is 26.8. The van der Waals surface area contributed by atoms with Crippen molar-refractivity contribution in [2.24, 2.45) is 0 Å². The SMILES string of the molecule is COC[C@@H](C)S(=O)(=O)c1ccc2cc1CN(C)C(=O)[C@H](Nc1ccc3c(N)ncc(F)c3c1)c1ccc(c(C)c1)[C@@H](C)COC(=O)N2. The van der Waals surface area contributed by atoms with Gasteiger partial charge in [-0.25, -0.2) is 22.6 Å². The fraction of sp³-hybridized carbons (Fsp3) is 0.324. The van der Waals surface area contributed by atoms with Gasteiger partial charge in [0, 0.05) is 48.8 Å². The minimum Gasteiger partial charge on any atom is -0.449 e. The zero-order valence-corrected chi connectivity index (χ0v) is 27.7. The van der Waals surface area contributed by atoms with Crippen molar-refractivity contribution in [3.8, 4) is 0 Å². The lowest BCUT2D eigenvalue weighted by molar-refractivity contribution is -0.131. The summed E-state index contributed by atoms with van der Waals surface area (Å²) in [6.45, 7) is 5.33. The summed E-state index contributed by atoms with van der Waals surface area (Å²) in [4.78, 5) is 32.4. The molecular formula is C34H38FN5O6S. The van der Waals surface area contributed by atoms with E-state index < -0.39 is 33.0 Å². The quantitative estimate of drug-likeness (QED) is 0.241. The van der Waals surface area contributed by atoms with Crippen LogP contribution >= 0.6 is 0 Å². The Bertz CT molecular complexity index is 1950. The molecule has 248 valence electrons. The van der Waals surface area contributed by atoms with Gasteiger partial charge in [-0.05, 0) is 72.5 Å². The Morgan fingerprint density at radius 2 is 1.91 bits per heavy atom. The second kappa shape index (κ2) is 13.5. The molecule has 0 unspecified atom stereocenters. The van der Waals surface area contributed by atoms with E-state index in [-0.39, 0.29) is 47.7 Å². The summed E-state index contributed by atoms with van der Waals surface area (Å²) < 4.78 is 52.6. The van der Waals surface area contributed by atoms with Gasteiger partial charge in [0.25, 0.3) is 0 Å². The molecule has 0 saturated carbocycles. The number of ether oxygens (including phenoxy) is 2. The van der Waals surface area contributed by atoms with Gasteiger partial charge in [0.05, 0.1) is 29.6 Å². The number of carbonyl (C=O) groups is 2. The highest BCUT2D eigenvalue weighted by Gasteiger charge is 2.30. The number of benzene rings is 3. The van der Waals surface area contributed by atoms with Gasteiger partial charge in [0.15, 0.2) is 9.84 Å². The molecule has 4 bridgehead atoms. The minimum absolute atomic E-state index is 0.0104. The Morgan fingerprint density at radius 1 is 1.15 bits per heavy atom. The van der Waals surface area contributed by atoms with Crippen molar-refractivity contribution in [3.05, 3.63) is 88.9 Å². The second-order valence-electron chi connectivity index (χ2n) is 11.9. The van der Waals surface area contributed by atoms with Crippen LogP contribution in [0.15, 0.2) is 65.7 Å². The first-order valence-corrected chi connectivity index (χ1v) is 16.6. The average molecular weight is 664 g/mol. The van der Waals surface area contributed by atoms with Crippen molar-refractivity contribution in [3.63, 3.8) is 0 Å². The number of likely N-dealkylation sites (N-methyl/N-ethyl adjacent to an activating group) is 1. The summed E-state index contributed by atoms with van der Waals surface area (Å²) in [5.41, 5.74) is 9.48. The molecule has 47 heavy (non-hydrogen) atoms. The number of aromatic nitrogens is 1. The summed E-state index contributed by atoms with van der Waals surface area (Å²) in [6.07, 6.45) is 0.362. The number of halogens is 1. The molecule has 3 atom stereocenters. The molecule has 2 aliphatic rings. The van der Waals surface area contributed by atoms with Crippen LogP contribution in [0.1, 0.15) is 48.1 Å². The molecule has 0 spiro atoms. The van der Waals surface area contributed by atoms with Gasteiger partial charge >= 0.3 is 6.09 Å². The van der Waals surface area contributed by atoms with E-state index in [1.54, 1.807) is 32.2 Å². The third-order valence-electron chi connectivity index (χ3n) is 8.38. The van der Waals surface area contributed by atoms with E-state index in [2.05, 4.69) is 15.6 Å². The number of nitrogens with one attached hydrogen (secondary N) is 2. The average Bonchev–Trinajstić information content (AvgIpc) is 3.03. The molecular weight excluding hydrogens is 625 g/mol. The predicted octanol–water partition coefficient (Wildman–Crippen LogP) is 5.55. The maximum atomic E-state index is 14.8. The summed E-state index contributed by atoms with van der Waals surface area (Å²) >= 11 is 0. The number of amides is 2. The molecule has 0 fully saturated rings. The number of methoxy groups -OCH3 is 1. The smallest absolute Gasteiger partial charge is 0.411 e. The molecule has 4 N–H and O–H groups in total. The van der Waals surface area contributed by atoms with Gasteiger partial charge in [-0.3, -0.25) is 10.1 Å². The van der Waals surface area contributed by atoms with E-state index in [4.69, 9.17) is 15.2 Å². The van der Waals surface area contributed by atoms with Crippen LogP contribution in [-0.2, 0) is 30.7 Å². The molecule has 2 amide bonds.